The highest BCUT2D eigenvalue weighted by Gasteiger charge is 2.17. The van der Waals surface area contributed by atoms with Crippen LogP contribution in [0.4, 0.5) is 0 Å². The highest BCUT2D eigenvalue weighted by molar-refractivity contribution is 5.92. The van der Waals surface area contributed by atoms with Crippen LogP contribution in [0.15, 0.2) is 40.2 Å². The van der Waals surface area contributed by atoms with Gasteiger partial charge < -0.3 is 9.26 Å². The molecule has 0 aromatic carbocycles. The van der Waals surface area contributed by atoms with Gasteiger partial charge in [-0.1, -0.05) is 5.16 Å². The van der Waals surface area contributed by atoms with Gasteiger partial charge in [-0.15, -0.1) is 5.10 Å². The van der Waals surface area contributed by atoms with Crippen LogP contribution in [-0.2, 0) is 4.74 Å². The molecule has 0 saturated carbocycles. The normalized spacial score (nSPS) is 15.2. The van der Waals surface area contributed by atoms with Crippen molar-refractivity contribution in [1.82, 2.24) is 15.1 Å². The Morgan fingerprint density at radius 2 is 2.33 bits per heavy atom. The molecule has 2 aromatic rings. The second kappa shape index (κ2) is 4.48. The molecule has 3 heterocycles. The molecule has 1 aliphatic rings. The zero-order chi connectivity index (χ0) is 12.4. The summed E-state index contributed by atoms with van der Waals surface area (Å²) in [6.45, 7) is 1.37. The Morgan fingerprint density at radius 3 is 3.11 bits per heavy atom. The molecule has 92 valence electrons. The summed E-state index contributed by atoms with van der Waals surface area (Å²) in [4.78, 5) is 4.04. The molecule has 0 fully saturated rings. The topological polar surface area (TPSA) is 63.8 Å². The molecule has 18 heavy (non-hydrogen) atoms. The number of hydrogen-bond acceptors (Lipinski definition) is 6. The fraction of sp³-hybridized carbons (Fsp3) is 0.250. The van der Waals surface area contributed by atoms with Crippen LogP contribution in [0.3, 0.4) is 0 Å². The van der Waals surface area contributed by atoms with Gasteiger partial charge in [-0.2, -0.15) is 0 Å². The largest absolute Gasteiger partial charge is 0.472 e. The first-order valence-electron chi connectivity index (χ1n) is 5.63. The Morgan fingerprint density at radius 1 is 1.39 bits per heavy atom. The molecule has 0 atom stereocenters. The second-order valence-electron chi connectivity index (χ2n) is 3.95. The Kier molecular flexibility index (Phi) is 2.68. The quantitative estimate of drug-likeness (QED) is 0.798. The van der Waals surface area contributed by atoms with E-state index in [1.54, 1.807) is 18.5 Å². The summed E-state index contributed by atoms with van der Waals surface area (Å²) in [7, 11) is 1.89. The summed E-state index contributed by atoms with van der Waals surface area (Å²) >= 11 is 0. The third kappa shape index (κ3) is 2.04. The molecule has 0 spiro atoms. The predicted molar refractivity (Wildman–Crippen MR) is 64.9 cm³/mol. The zero-order valence-corrected chi connectivity index (χ0v) is 9.91. The Balaban J connectivity index is 1.90. The number of ether oxygens (including phenoxy) is 1. The molecular weight excluding hydrogens is 232 g/mol. The fourth-order valence-corrected chi connectivity index (χ4v) is 1.66. The summed E-state index contributed by atoms with van der Waals surface area (Å²) in [6, 6.07) is 5.57. The smallest absolute Gasteiger partial charge is 0.277 e. The Labute approximate surface area is 104 Å². The summed E-state index contributed by atoms with van der Waals surface area (Å²) in [5.41, 5.74) is 1.62. The van der Waals surface area contributed by atoms with Crippen molar-refractivity contribution in [2.75, 3.05) is 20.2 Å². The number of hydrogen-bond donors (Lipinski definition) is 0. The fourth-order valence-electron chi connectivity index (χ4n) is 1.66. The number of aromatic nitrogens is 2. The van der Waals surface area contributed by atoms with E-state index in [2.05, 4.69) is 15.2 Å². The number of pyridine rings is 1. The first kappa shape index (κ1) is 10.8. The third-order valence-electron chi connectivity index (χ3n) is 2.59. The van der Waals surface area contributed by atoms with Gasteiger partial charge in [0.15, 0.2) is 0 Å². The van der Waals surface area contributed by atoms with Gasteiger partial charge in [-0.3, -0.25) is 9.99 Å². The Hall–Kier alpha value is -2.37. The average Bonchev–Trinajstić information content (AvgIpc) is 2.89. The number of hydrazone groups is 1. The molecule has 0 saturated heterocycles. The van der Waals surface area contributed by atoms with E-state index in [1.807, 2.05) is 24.2 Å². The summed E-state index contributed by atoms with van der Waals surface area (Å²) in [5.74, 6) is 0.992. The van der Waals surface area contributed by atoms with Crippen LogP contribution >= 0.6 is 0 Å². The molecule has 0 aliphatic carbocycles. The monoisotopic (exact) mass is 244 g/mol. The van der Waals surface area contributed by atoms with Crippen LogP contribution in [0.25, 0.3) is 11.3 Å². The van der Waals surface area contributed by atoms with Crippen molar-refractivity contribution < 1.29 is 9.26 Å². The van der Waals surface area contributed by atoms with Gasteiger partial charge in [0.1, 0.15) is 12.3 Å². The highest BCUT2D eigenvalue weighted by atomic mass is 16.5. The van der Waals surface area contributed by atoms with E-state index in [4.69, 9.17) is 9.26 Å². The van der Waals surface area contributed by atoms with E-state index in [0.29, 0.717) is 18.3 Å². The standard InChI is InChI=1S/C12H12N4O2/c1-16-5-6-17-12(14-16)11-7-10(15-18-11)9-3-2-4-13-8-9/h2-4,7-8H,5-6H2,1H3. The van der Waals surface area contributed by atoms with Gasteiger partial charge in [0.05, 0.1) is 6.54 Å². The lowest BCUT2D eigenvalue weighted by Gasteiger charge is -2.19. The summed E-state index contributed by atoms with van der Waals surface area (Å²) in [6.07, 6.45) is 3.45. The van der Waals surface area contributed by atoms with Gasteiger partial charge in [-0.25, -0.2) is 0 Å². The zero-order valence-electron chi connectivity index (χ0n) is 9.91. The van der Waals surface area contributed by atoms with E-state index in [-0.39, 0.29) is 0 Å². The van der Waals surface area contributed by atoms with E-state index < -0.39 is 0 Å². The van der Waals surface area contributed by atoms with Gasteiger partial charge in [0, 0.05) is 31.1 Å². The minimum absolute atomic E-state index is 0.464. The van der Waals surface area contributed by atoms with Gasteiger partial charge in [0.25, 0.3) is 5.90 Å². The summed E-state index contributed by atoms with van der Waals surface area (Å²) < 4.78 is 10.7. The Bertz CT molecular complexity index is 564. The van der Waals surface area contributed by atoms with E-state index in [0.717, 1.165) is 17.8 Å². The highest BCUT2D eigenvalue weighted by Crippen LogP contribution is 2.19. The maximum Gasteiger partial charge on any atom is 0.277 e. The van der Waals surface area contributed by atoms with Crippen molar-refractivity contribution in [3.8, 4) is 11.3 Å². The lowest BCUT2D eigenvalue weighted by molar-refractivity contribution is 0.186. The van der Waals surface area contributed by atoms with E-state index in [9.17, 15) is 0 Å². The summed E-state index contributed by atoms with van der Waals surface area (Å²) in [5, 5.41) is 10.0. The van der Waals surface area contributed by atoms with Gasteiger partial charge in [0.2, 0.25) is 5.76 Å². The number of nitrogens with zero attached hydrogens (tertiary/aromatic N) is 4. The molecular formula is C12H12N4O2. The molecule has 0 unspecified atom stereocenters. The number of likely N-dealkylation sites (N-methyl/N-ethyl adjacent to an activating group) is 1. The minimum atomic E-state index is 0.464. The lowest BCUT2D eigenvalue weighted by atomic mass is 10.2. The van der Waals surface area contributed by atoms with Crippen LogP contribution in [0.5, 0.6) is 0 Å². The van der Waals surface area contributed by atoms with E-state index in [1.165, 1.54) is 0 Å². The van der Waals surface area contributed by atoms with Gasteiger partial charge in [-0.05, 0) is 12.1 Å². The molecule has 0 N–H and O–H groups in total. The van der Waals surface area contributed by atoms with Crippen LogP contribution in [0.1, 0.15) is 5.76 Å². The second-order valence-corrected chi connectivity index (χ2v) is 3.95. The maximum atomic E-state index is 5.44. The lowest BCUT2D eigenvalue weighted by Crippen LogP contribution is -2.27. The molecule has 0 amide bonds. The number of rotatable bonds is 2. The SMILES string of the molecule is CN1CCOC(c2cc(-c3cccnc3)no2)=N1. The van der Waals surface area contributed by atoms with Crippen molar-refractivity contribution in [2.24, 2.45) is 5.10 Å². The molecule has 0 radical (unpaired) electrons. The van der Waals surface area contributed by atoms with Crippen molar-refractivity contribution in [1.29, 1.82) is 0 Å². The first-order valence-corrected chi connectivity index (χ1v) is 5.63. The van der Waals surface area contributed by atoms with Crippen molar-refractivity contribution in [3.05, 3.63) is 36.4 Å². The van der Waals surface area contributed by atoms with Crippen LogP contribution in [-0.4, -0.2) is 41.2 Å². The van der Waals surface area contributed by atoms with Crippen LogP contribution < -0.4 is 0 Å². The average molecular weight is 244 g/mol. The third-order valence-corrected chi connectivity index (χ3v) is 2.59. The minimum Gasteiger partial charge on any atom is -0.472 e. The molecule has 0 bridgehead atoms. The van der Waals surface area contributed by atoms with Gasteiger partial charge >= 0.3 is 0 Å². The molecule has 6 nitrogen and oxygen atoms in total. The predicted octanol–water partition coefficient (Wildman–Crippen LogP) is 1.36. The van der Waals surface area contributed by atoms with Crippen LogP contribution in [0, 0.1) is 0 Å². The molecule has 2 aromatic heterocycles. The molecule has 3 rings (SSSR count). The van der Waals surface area contributed by atoms with Crippen LogP contribution in [0.2, 0.25) is 0 Å². The van der Waals surface area contributed by atoms with Crippen molar-refractivity contribution in [3.63, 3.8) is 0 Å². The maximum absolute atomic E-state index is 5.44. The first-order chi connectivity index (χ1) is 8.83. The van der Waals surface area contributed by atoms with E-state index >= 15 is 0 Å². The van der Waals surface area contributed by atoms with Crippen molar-refractivity contribution >= 4 is 5.90 Å². The van der Waals surface area contributed by atoms with Crippen molar-refractivity contribution in [2.45, 2.75) is 0 Å². The molecule has 1 aliphatic heterocycles. The molecule has 6 heteroatoms.